The number of hydrogen-bond donors (Lipinski definition) is 0. The Morgan fingerprint density at radius 1 is 1.44 bits per heavy atom. The number of alkyl halides is 3. The topological polar surface area (TPSA) is 43.4 Å². The van der Waals surface area contributed by atoms with Crippen LogP contribution < -0.4 is 0 Å². The second kappa shape index (κ2) is 2.94. The predicted octanol–water partition coefficient (Wildman–Crippen LogP) is 0.0566. The second-order valence-corrected chi connectivity index (χ2v) is 1.43. The molecule has 0 fully saturated rings. The van der Waals surface area contributed by atoms with Crippen LogP contribution in [0.1, 0.15) is 0 Å². The third-order valence-electron chi connectivity index (χ3n) is 0.387. The molecule has 0 saturated carbocycles. The fraction of sp³-hybridized carbons (Fsp3) is 0.500. The van der Waals surface area contributed by atoms with Crippen LogP contribution in [0.3, 0.4) is 0 Å². The standard InChI is InChI=1S/C2HF3O2.Al.O/c3-2(4,5)1(6)7;;/h(H,6,7);;/q;+1;/p-1. The van der Waals surface area contributed by atoms with Gasteiger partial charge < -0.3 is 0 Å². The van der Waals surface area contributed by atoms with Gasteiger partial charge in [0.25, 0.3) is 0 Å². The van der Waals surface area contributed by atoms with E-state index >= 15 is 0 Å². The summed E-state index contributed by atoms with van der Waals surface area (Å²) in [4.78, 5) is 9.54. The van der Waals surface area contributed by atoms with Crippen LogP contribution in [-0.2, 0) is 12.4 Å². The van der Waals surface area contributed by atoms with Crippen molar-refractivity contribution in [3.05, 3.63) is 0 Å². The second-order valence-electron chi connectivity index (χ2n) is 0.999. The zero-order valence-electron chi connectivity index (χ0n) is 3.94. The Hall–Kier alpha value is -0.408. The monoisotopic (exact) mass is 156 g/mol. The maximum absolute atomic E-state index is 11.0. The summed E-state index contributed by atoms with van der Waals surface area (Å²) < 4.78 is 45.6. The molecule has 50 valence electrons. The summed E-state index contributed by atoms with van der Waals surface area (Å²) in [6, 6.07) is 0. The first-order valence-corrected chi connectivity index (χ1v) is 2.64. The van der Waals surface area contributed by atoms with Crippen LogP contribution in [-0.4, -0.2) is 27.6 Å². The van der Waals surface area contributed by atoms with Crippen LogP contribution >= 0.6 is 0 Å². The fourth-order valence-electron chi connectivity index (χ4n) is 0.111. The molecule has 0 spiro atoms. The van der Waals surface area contributed by atoms with E-state index in [9.17, 15) is 21.8 Å². The van der Waals surface area contributed by atoms with E-state index in [4.69, 9.17) is 0 Å². The molecule has 0 aliphatic rings. The SMILES string of the molecule is [O]=[Al][O]C(=O)C(F)(F)F. The van der Waals surface area contributed by atoms with Crippen LogP contribution in [0.5, 0.6) is 0 Å². The summed E-state index contributed by atoms with van der Waals surface area (Å²) in [6.45, 7) is 0. The van der Waals surface area contributed by atoms with Crippen LogP contribution in [0.2, 0.25) is 0 Å². The van der Waals surface area contributed by atoms with Gasteiger partial charge in [0, 0.05) is 0 Å². The summed E-state index contributed by atoms with van der Waals surface area (Å²) in [6.07, 6.45) is -5.03. The Morgan fingerprint density at radius 2 is 1.89 bits per heavy atom. The minimum absolute atomic E-state index is 2.12. The molecule has 7 heteroatoms. The van der Waals surface area contributed by atoms with Gasteiger partial charge >= 0.3 is 53.2 Å². The number of carbonyl (C=O) groups is 1. The van der Waals surface area contributed by atoms with E-state index < -0.39 is 27.6 Å². The first-order valence-electron chi connectivity index (χ1n) is 1.70. The molecule has 0 aliphatic heterocycles. The van der Waals surface area contributed by atoms with Gasteiger partial charge in [0.15, 0.2) is 0 Å². The summed E-state index contributed by atoms with van der Waals surface area (Å²) in [5.41, 5.74) is 0. The zero-order chi connectivity index (χ0) is 7.49. The van der Waals surface area contributed by atoms with Gasteiger partial charge in [-0.3, -0.25) is 0 Å². The number of halogens is 3. The summed E-state index contributed by atoms with van der Waals surface area (Å²) in [5, 5.41) is 0. The van der Waals surface area contributed by atoms with E-state index in [2.05, 4.69) is 3.79 Å². The Morgan fingerprint density at radius 3 is 2.00 bits per heavy atom. The molecule has 0 rings (SSSR count). The molecule has 0 N–H and O–H groups in total. The Balaban J connectivity index is 3.88. The molecule has 0 heterocycles. The summed E-state index contributed by atoms with van der Waals surface area (Å²) >= 11 is -2.12. The molecule has 0 aromatic heterocycles. The van der Waals surface area contributed by atoms with Crippen molar-refractivity contribution < 1.29 is 25.6 Å². The van der Waals surface area contributed by atoms with E-state index in [0.29, 0.717) is 0 Å². The summed E-state index contributed by atoms with van der Waals surface area (Å²) in [7, 11) is 0. The molecule has 3 nitrogen and oxygen atoms in total. The maximum atomic E-state index is 11.0. The summed E-state index contributed by atoms with van der Waals surface area (Å²) in [5.74, 6) is -2.41. The van der Waals surface area contributed by atoms with Crippen LogP contribution in [0.15, 0.2) is 0 Å². The van der Waals surface area contributed by atoms with E-state index in [1.807, 2.05) is 0 Å². The molecule has 0 atom stereocenters. The zero-order valence-corrected chi connectivity index (χ0v) is 5.09. The molecule has 0 saturated heterocycles. The molecule has 0 aromatic carbocycles. The Bertz CT molecular complexity index is 130. The van der Waals surface area contributed by atoms with Crippen LogP contribution in [0, 0.1) is 0 Å². The van der Waals surface area contributed by atoms with E-state index in [1.54, 1.807) is 0 Å². The molecule has 0 amide bonds. The first-order chi connectivity index (χ1) is 3.98. The Labute approximate surface area is 54.0 Å². The van der Waals surface area contributed by atoms with Gasteiger partial charge in [-0.25, -0.2) is 0 Å². The van der Waals surface area contributed by atoms with Crippen molar-refractivity contribution in [2.75, 3.05) is 0 Å². The van der Waals surface area contributed by atoms with E-state index in [1.165, 1.54) is 0 Å². The molecule has 0 aromatic rings. The third-order valence-corrected chi connectivity index (χ3v) is 0.697. The molecule has 0 bridgehead atoms. The van der Waals surface area contributed by atoms with Crippen molar-refractivity contribution in [1.82, 2.24) is 0 Å². The average Bonchev–Trinajstić information content (AvgIpc) is 1.64. The minimum atomic E-state index is -5.03. The van der Waals surface area contributed by atoms with Crippen molar-refractivity contribution in [3.8, 4) is 0 Å². The van der Waals surface area contributed by atoms with Gasteiger partial charge in [0.1, 0.15) is 0 Å². The van der Waals surface area contributed by atoms with Crippen molar-refractivity contribution in [2.45, 2.75) is 6.18 Å². The average molecular weight is 156 g/mol. The van der Waals surface area contributed by atoms with Gasteiger partial charge in [0.2, 0.25) is 0 Å². The van der Waals surface area contributed by atoms with Gasteiger partial charge in [-0.1, -0.05) is 0 Å². The first kappa shape index (κ1) is 8.59. The predicted molar refractivity (Wildman–Crippen MR) is 18.6 cm³/mol. The van der Waals surface area contributed by atoms with Crippen molar-refractivity contribution in [1.29, 1.82) is 0 Å². The molecular formula is C2AlF3O3. The normalized spacial score (nSPS) is 10.1. The molecule has 0 radical (unpaired) electrons. The molecule has 0 unspecified atom stereocenters. The van der Waals surface area contributed by atoms with Gasteiger partial charge in [-0.15, -0.1) is 0 Å². The molecular weight excluding hydrogens is 156 g/mol. The molecule has 0 aliphatic carbocycles. The number of hydrogen-bond acceptors (Lipinski definition) is 3. The number of rotatable bonds is 1. The molecule has 9 heavy (non-hydrogen) atoms. The van der Waals surface area contributed by atoms with Crippen LogP contribution in [0.25, 0.3) is 0 Å². The van der Waals surface area contributed by atoms with E-state index in [-0.39, 0.29) is 0 Å². The van der Waals surface area contributed by atoms with Gasteiger partial charge in [-0.2, -0.15) is 0 Å². The number of carbonyl (C=O) groups excluding carboxylic acids is 1. The van der Waals surface area contributed by atoms with Gasteiger partial charge in [-0.05, 0) is 0 Å². The van der Waals surface area contributed by atoms with Gasteiger partial charge in [0.05, 0.1) is 0 Å². The third kappa shape index (κ3) is 3.22. The Kier molecular flexibility index (Phi) is 2.81. The van der Waals surface area contributed by atoms with E-state index in [0.717, 1.165) is 0 Å². The quantitative estimate of drug-likeness (QED) is 0.504. The fourth-order valence-corrected chi connectivity index (χ4v) is 0.332. The van der Waals surface area contributed by atoms with Crippen molar-refractivity contribution in [2.24, 2.45) is 0 Å². The van der Waals surface area contributed by atoms with Crippen LogP contribution in [0.4, 0.5) is 13.2 Å². The van der Waals surface area contributed by atoms with Crippen molar-refractivity contribution >= 4 is 21.5 Å². The van der Waals surface area contributed by atoms with Crippen molar-refractivity contribution in [3.63, 3.8) is 0 Å².